The first-order chi connectivity index (χ1) is 13.3. The van der Waals surface area contributed by atoms with Crippen molar-refractivity contribution in [2.24, 2.45) is 4.99 Å². The predicted octanol–water partition coefficient (Wildman–Crippen LogP) is 1.71. The first-order valence-electron chi connectivity index (χ1n) is 9.98. The van der Waals surface area contributed by atoms with Crippen LogP contribution in [-0.2, 0) is 19.5 Å². The van der Waals surface area contributed by atoms with Crippen molar-refractivity contribution in [3.05, 3.63) is 35.8 Å². The lowest BCUT2D eigenvalue weighted by atomic mass is 10.2. The molecule has 146 valence electrons. The van der Waals surface area contributed by atoms with Crippen LogP contribution in [0.3, 0.4) is 0 Å². The molecule has 8 heteroatoms. The van der Waals surface area contributed by atoms with Gasteiger partial charge in [-0.15, -0.1) is 10.2 Å². The number of likely N-dealkylation sites (tertiary alicyclic amines) is 1. The number of aliphatic imine (C=N–C) groups is 1. The molecule has 4 rings (SSSR count). The van der Waals surface area contributed by atoms with Crippen LogP contribution in [0, 0.1) is 0 Å². The van der Waals surface area contributed by atoms with E-state index in [-0.39, 0.29) is 6.04 Å². The minimum atomic E-state index is 0.224. The maximum atomic E-state index is 5.69. The van der Waals surface area contributed by atoms with Gasteiger partial charge >= 0.3 is 0 Å². The largest absolute Gasteiger partial charge is 0.468 e. The summed E-state index contributed by atoms with van der Waals surface area (Å²) in [4.78, 5) is 6.85. The number of nitrogens with one attached hydrogen (secondary N) is 2. The molecule has 0 spiro atoms. The van der Waals surface area contributed by atoms with Gasteiger partial charge in [0.2, 0.25) is 0 Å². The topological polar surface area (TPSA) is 83.5 Å². The minimum absolute atomic E-state index is 0.224. The molecule has 0 aliphatic carbocycles. The van der Waals surface area contributed by atoms with Crippen LogP contribution in [0.4, 0.5) is 0 Å². The van der Waals surface area contributed by atoms with Crippen molar-refractivity contribution >= 4 is 5.96 Å². The first-order valence-corrected chi connectivity index (χ1v) is 9.98. The van der Waals surface area contributed by atoms with Crippen molar-refractivity contribution in [3.63, 3.8) is 0 Å². The van der Waals surface area contributed by atoms with Crippen molar-refractivity contribution in [3.8, 4) is 0 Å². The van der Waals surface area contributed by atoms with Gasteiger partial charge in [0.25, 0.3) is 0 Å². The molecule has 0 amide bonds. The first kappa shape index (κ1) is 18.0. The molecule has 1 fully saturated rings. The number of aryl methyl sites for hydroxylation is 1. The van der Waals surface area contributed by atoms with E-state index < -0.39 is 0 Å². The predicted molar refractivity (Wildman–Crippen MR) is 103 cm³/mol. The standard InChI is InChI=1S/C19H29N7O/c1-20-19(22-14-18-24-23-17-8-2-3-11-26(17)18)21-13-15(16-7-6-12-27-16)25-9-4-5-10-25/h6-7,12,15H,2-5,8-11,13-14H2,1H3,(H2,20,21,22). The van der Waals surface area contributed by atoms with Crippen molar-refractivity contribution in [1.82, 2.24) is 30.3 Å². The Morgan fingerprint density at radius 3 is 2.81 bits per heavy atom. The quantitative estimate of drug-likeness (QED) is 0.594. The Morgan fingerprint density at radius 2 is 2.04 bits per heavy atom. The van der Waals surface area contributed by atoms with Crippen LogP contribution in [0.25, 0.3) is 0 Å². The highest BCUT2D eigenvalue weighted by Crippen LogP contribution is 2.24. The number of rotatable bonds is 6. The summed E-state index contributed by atoms with van der Waals surface area (Å²) in [6, 6.07) is 4.24. The second-order valence-corrected chi connectivity index (χ2v) is 7.22. The van der Waals surface area contributed by atoms with Crippen LogP contribution in [0.2, 0.25) is 0 Å². The highest BCUT2D eigenvalue weighted by molar-refractivity contribution is 5.79. The van der Waals surface area contributed by atoms with E-state index in [2.05, 4.69) is 41.4 Å². The molecular formula is C19H29N7O. The summed E-state index contributed by atoms with van der Waals surface area (Å²) in [7, 11) is 1.80. The molecule has 1 atom stereocenters. The number of aromatic nitrogens is 3. The van der Waals surface area contributed by atoms with Crippen molar-refractivity contribution in [2.45, 2.75) is 51.2 Å². The smallest absolute Gasteiger partial charge is 0.191 e. The molecule has 27 heavy (non-hydrogen) atoms. The maximum Gasteiger partial charge on any atom is 0.191 e. The van der Waals surface area contributed by atoms with E-state index >= 15 is 0 Å². The van der Waals surface area contributed by atoms with E-state index in [4.69, 9.17) is 4.42 Å². The van der Waals surface area contributed by atoms with Crippen LogP contribution in [0.1, 0.15) is 49.1 Å². The highest BCUT2D eigenvalue weighted by atomic mass is 16.3. The zero-order valence-electron chi connectivity index (χ0n) is 16.0. The average molecular weight is 371 g/mol. The van der Waals surface area contributed by atoms with Gasteiger partial charge in [-0.3, -0.25) is 9.89 Å². The van der Waals surface area contributed by atoms with Gasteiger partial charge in [0.05, 0.1) is 18.8 Å². The van der Waals surface area contributed by atoms with Gasteiger partial charge in [0.1, 0.15) is 11.6 Å². The molecule has 2 aliphatic heterocycles. The van der Waals surface area contributed by atoms with Gasteiger partial charge in [-0.05, 0) is 50.9 Å². The summed E-state index contributed by atoms with van der Waals surface area (Å²) in [5, 5.41) is 15.5. The fourth-order valence-corrected chi connectivity index (χ4v) is 4.02. The number of hydrogen-bond acceptors (Lipinski definition) is 5. The molecule has 1 saturated heterocycles. The Morgan fingerprint density at radius 1 is 1.19 bits per heavy atom. The molecule has 0 bridgehead atoms. The van der Waals surface area contributed by atoms with Crippen LogP contribution in [0.15, 0.2) is 27.8 Å². The number of furan rings is 1. The summed E-state index contributed by atoms with van der Waals surface area (Å²) >= 11 is 0. The second kappa shape index (κ2) is 8.56. The van der Waals surface area contributed by atoms with Crippen LogP contribution in [0.5, 0.6) is 0 Å². The molecule has 8 nitrogen and oxygen atoms in total. The Labute approximate surface area is 160 Å². The van der Waals surface area contributed by atoms with E-state index in [9.17, 15) is 0 Å². The van der Waals surface area contributed by atoms with Crippen molar-refractivity contribution in [1.29, 1.82) is 0 Å². The van der Waals surface area contributed by atoms with E-state index in [1.165, 1.54) is 25.7 Å². The van der Waals surface area contributed by atoms with E-state index in [1.807, 2.05) is 6.07 Å². The van der Waals surface area contributed by atoms with Crippen LogP contribution < -0.4 is 10.6 Å². The molecule has 2 aromatic rings. The molecular weight excluding hydrogens is 342 g/mol. The van der Waals surface area contributed by atoms with Crippen LogP contribution in [-0.4, -0.2) is 52.3 Å². The zero-order chi connectivity index (χ0) is 18.5. The monoisotopic (exact) mass is 371 g/mol. The molecule has 2 aromatic heterocycles. The Bertz CT molecular complexity index is 746. The van der Waals surface area contributed by atoms with Gasteiger partial charge in [-0.2, -0.15) is 0 Å². The average Bonchev–Trinajstić information content (AvgIpc) is 3.47. The third-order valence-corrected chi connectivity index (χ3v) is 5.49. The van der Waals surface area contributed by atoms with E-state index in [1.54, 1.807) is 13.3 Å². The van der Waals surface area contributed by atoms with E-state index in [0.29, 0.717) is 6.54 Å². The minimum Gasteiger partial charge on any atom is -0.468 e. The summed E-state index contributed by atoms with van der Waals surface area (Å²) in [5.41, 5.74) is 0. The van der Waals surface area contributed by atoms with Gasteiger partial charge in [-0.25, -0.2) is 0 Å². The van der Waals surface area contributed by atoms with Crippen molar-refractivity contribution in [2.75, 3.05) is 26.7 Å². The summed E-state index contributed by atoms with van der Waals surface area (Å²) in [5.74, 6) is 3.87. The lowest BCUT2D eigenvalue weighted by Crippen LogP contribution is -2.42. The molecule has 0 aromatic carbocycles. The number of nitrogens with zero attached hydrogens (tertiary/aromatic N) is 5. The third-order valence-electron chi connectivity index (χ3n) is 5.49. The molecule has 4 heterocycles. The number of guanidine groups is 1. The summed E-state index contributed by atoms with van der Waals surface area (Å²) < 4.78 is 7.93. The Balaban J connectivity index is 1.35. The highest BCUT2D eigenvalue weighted by Gasteiger charge is 2.25. The SMILES string of the molecule is CN=C(NCc1nnc2n1CCCC2)NCC(c1ccco1)N1CCCC1. The molecule has 0 saturated carbocycles. The molecule has 2 N–H and O–H groups in total. The molecule has 0 radical (unpaired) electrons. The van der Waals surface area contributed by atoms with Gasteiger partial charge < -0.3 is 19.6 Å². The van der Waals surface area contributed by atoms with E-state index in [0.717, 1.165) is 56.0 Å². The summed E-state index contributed by atoms with van der Waals surface area (Å²) in [6.07, 6.45) is 7.69. The van der Waals surface area contributed by atoms with Crippen LogP contribution >= 0.6 is 0 Å². The molecule has 2 aliphatic rings. The van der Waals surface area contributed by atoms with Gasteiger partial charge in [0, 0.05) is 26.6 Å². The lowest BCUT2D eigenvalue weighted by Gasteiger charge is -2.26. The fraction of sp³-hybridized carbons (Fsp3) is 0.632. The Kier molecular flexibility index (Phi) is 5.72. The zero-order valence-corrected chi connectivity index (χ0v) is 16.0. The lowest BCUT2D eigenvalue weighted by molar-refractivity contribution is 0.215. The normalized spacial score (nSPS) is 19.1. The fourth-order valence-electron chi connectivity index (χ4n) is 4.02. The maximum absolute atomic E-state index is 5.69. The van der Waals surface area contributed by atoms with Gasteiger partial charge in [-0.1, -0.05) is 0 Å². The second-order valence-electron chi connectivity index (χ2n) is 7.22. The number of hydrogen-bond donors (Lipinski definition) is 2. The Hall–Kier alpha value is -2.35. The summed E-state index contributed by atoms with van der Waals surface area (Å²) in [6.45, 7) is 4.63. The van der Waals surface area contributed by atoms with Crippen molar-refractivity contribution < 1.29 is 4.42 Å². The van der Waals surface area contributed by atoms with Gasteiger partial charge in [0.15, 0.2) is 11.8 Å². The number of fused-ring (bicyclic) bond motifs is 1. The third kappa shape index (κ3) is 4.16. The molecule has 1 unspecified atom stereocenters.